The SMILES string of the molecule is CN(C)[C@@H]1c2onc(OCc3ccccc3)c2C(=O)[C@@]2(O[Si](C)(C)C(C)(C)C)C(O)=C3C(=O)c4c(c(Br)nc(Br)c4OCc4ccccc4)C[C@H]3C[C@@H]12. The van der Waals surface area contributed by atoms with Gasteiger partial charge in [0.15, 0.2) is 31.2 Å². The number of hydrogen-bond acceptors (Lipinski definition) is 10. The van der Waals surface area contributed by atoms with Gasteiger partial charge in [-0.1, -0.05) is 81.4 Å². The van der Waals surface area contributed by atoms with Crippen LogP contribution in [0.4, 0.5) is 0 Å². The molecule has 3 aliphatic rings. The van der Waals surface area contributed by atoms with Crippen molar-refractivity contribution in [3.05, 3.63) is 115 Å². The molecule has 0 saturated heterocycles. The predicted molar refractivity (Wildman–Crippen MR) is 209 cm³/mol. The topological polar surface area (TPSA) is 124 Å². The molecule has 0 spiro atoms. The van der Waals surface area contributed by atoms with Crippen LogP contribution in [0.3, 0.4) is 0 Å². The molecule has 2 aromatic heterocycles. The molecule has 0 bridgehead atoms. The van der Waals surface area contributed by atoms with Crippen LogP contribution in [-0.2, 0) is 24.1 Å². The minimum atomic E-state index is -2.86. The zero-order valence-electron chi connectivity index (χ0n) is 30.8. The molecule has 4 atom stereocenters. The number of carbonyl (C=O) groups is 2. The highest BCUT2D eigenvalue weighted by Crippen LogP contribution is 2.60. The number of Topliss-reactive ketones (excluding diaryl/α,β-unsaturated/α-hetero) is 2. The molecule has 0 amide bonds. The van der Waals surface area contributed by atoms with Gasteiger partial charge in [-0.05, 0) is 99.1 Å². The zero-order valence-corrected chi connectivity index (χ0v) is 35.0. The van der Waals surface area contributed by atoms with Crippen LogP contribution in [0.25, 0.3) is 0 Å². The first kappa shape index (κ1) is 37.7. The van der Waals surface area contributed by atoms with Crippen LogP contribution in [0.2, 0.25) is 18.1 Å². The summed E-state index contributed by atoms with van der Waals surface area (Å²) in [6.07, 6.45) is 0.718. The number of hydrogen-bond donors (Lipinski definition) is 1. The first-order valence-electron chi connectivity index (χ1n) is 17.7. The second-order valence-corrected chi connectivity index (χ2v) is 22.0. The molecule has 13 heteroatoms. The summed E-state index contributed by atoms with van der Waals surface area (Å²) in [6, 6.07) is 18.7. The lowest BCUT2D eigenvalue weighted by atomic mass is 9.58. The van der Waals surface area contributed by atoms with Crippen LogP contribution >= 0.6 is 31.9 Å². The molecule has 0 unspecified atom stereocenters. The van der Waals surface area contributed by atoms with E-state index in [0.717, 1.165) is 11.1 Å². The van der Waals surface area contributed by atoms with E-state index in [9.17, 15) is 5.11 Å². The highest BCUT2D eigenvalue weighted by molar-refractivity contribution is 9.11. The highest BCUT2D eigenvalue weighted by Gasteiger charge is 2.67. The van der Waals surface area contributed by atoms with Crippen molar-refractivity contribution in [1.29, 1.82) is 0 Å². The van der Waals surface area contributed by atoms with Gasteiger partial charge in [0.05, 0.1) is 11.6 Å². The maximum atomic E-state index is 15.5. The van der Waals surface area contributed by atoms with Crippen molar-refractivity contribution in [3.8, 4) is 11.6 Å². The molecule has 0 aliphatic heterocycles. The Morgan fingerprint density at radius 2 is 1.55 bits per heavy atom. The second kappa shape index (κ2) is 13.9. The van der Waals surface area contributed by atoms with Gasteiger partial charge in [-0.3, -0.25) is 14.5 Å². The van der Waals surface area contributed by atoms with Gasteiger partial charge >= 0.3 is 0 Å². The Bertz CT molecular complexity index is 2110. The minimum absolute atomic E-state index is 0.0214. The van der Waals surface area contributed by atoms with E-state index in [2.05, 4.69) is 62.8 Å². The van der Waals surface area contributed by atoms with Gasteiger partial charge in [-0.2, -0.15) is 0 Å². The molecule has 2 heterocycles. The van der Waals surface area contributed by atoms with E-state index in [1.165, 1.54) is 0 Å². The van der Waals surface area contributed by atoms with Crippen molar-refractivity contribution >= 4 is 51.7 Å². The number of benzene rings is 2. The molecule has 0 fully saturated rings. The maximum absolute atomic E-state index is 15.5. The van der Waals surface area contributed by atoms with E-state index < -0.39 is 43.4 Å². The molecule has 7 rings (SSSR count). The summed E-state index contributed by atoms with van der Waals surface area (Å²) < 4.78 is 26.6. The predicted octanol–water partition coefficient (Wildman–Crippen LogP) is 9.20. The first-order chi connectivity index (χ1) is 25.1. The van der Waals surface area contributed by atoms with Crippen LogP contribution in [0.1, 0.15) is 76.4 Å². The van der Waals surface area contributed by atoms with Gasteiger partial charge in [0.1, 0.15) is 33.7 Å². The van der Waals surface area contributed by atoms with Crippen LogP contribution < -0.4 is 9.47 Å². The summed E-state index contributed by atoms with van der Waals surface area (Å²) in [5.74, 6) is -1.76. The van der Waals surface area contributed by atoms with Crippen LogP contribution in [0, 0.1) is 11.8 Å². The third-order valence-corrected chi connectivity index (χ3v) is 16.9. The van der Waals surface area contributed by atoms with Gasteiger partial charge < -0.3 is 23.5 Å². The van der Waals surface area contributed by atoms with Crippen molar-refractivity contribution in [2.45, 2.75) is 76.6 Å². The number of halogens is 2. The number of carbonyl (C=O) groups excluding carboxylic acids is 2. The highest BCUT2D eigenvalue weighted by atomic mass is 79.9. The first-order valence-corrected chi connectivity index (χ1v) is 22.2. The summed E-state index contributed by atoms with van der Waals surface area (Å²) in [7, 11) is 0.944. The molecule has 4 aromatic rings. The fourth-order valence-electron chi connectivity index (χ4n) is 7.69. The van der Waals surface area contributed by atoms with E-state index in [1.807, 2.05) is 92.8 Å². The number of ketones is 2. The average Bonchev–Trinajstić information content (AvgIpc) is 3.52. The smallest absolute Gasteiger partial charge is 0.265 e. The third-order valence-electron chi connectivity index (χ3n) is 11.3. The van der Waals surface area contributed by atoms with E-state index in [1.54, 1.807) is 0 Å². The number of allylic oxidation sites excluding steroid dienone is 1. The second-order valence-electron chi connectivity index (χ2n) is 15.8. The van der Waals surface area contributed by atoms with Crippen molar-refractivity contribution in [2.24, 2.45) is 11.8 Å². The molecule has 0 saturated carbocycles. The van der Waals surface area contributed by atoms with Crippen molar-refractivity contribution in [2.75, 3.05) is 14.1 Å². The van der Waals surface area contributed by atoms with Crippen molar-refractivity contribution in [3.63, 3.8) is 0 Å². The van der Waals surface area contributed by atoms with Crippen LogP contribution in [-0.4, -0.2) is 59.7 Å². The minimum Gasteiger partial charge on any atom is -0.508 e. The number of aliphatic hydroxyl groups is 1. The third kappa shape index (κ3) is 6.31. The maximum Gasteiger partial charge on any atom is 0.265 e. The normalized spacial score (nSPS) is 22.6. The summed E-state index contributed by atoms with van der Waals surface area (Å²) in [5, 5.41) is 16.8. The zero-order chi connectivity index (χ0) is 38.0. The fraction of sp³-hybridized carbons (Fsp3) is 0.400. The van der Waals surface area contributed by atoms with Crippen LogP contribution in [0.5, 0.6) is 11.6 Å². The van der Waals surface area contributed by atoms with Gasteiger partial charge in [0.2, 0.25) is 5.78 Å². The Morgan fingerprint density at radius 1 is 0.943 bits per heavy atom. The summed E-state index contributed by atoms with van der Waals surface area (Å²) in [5.41, 5.74) is 1.12. The van der Waals surface area contributed by atoms with Crippen molar-refractivity contribution < 1.29 is 33.1 Å². The molecular weight excluding hydrogens is 822 g/mol. The molecule has 2 aromatic carbocycles. The number of fused-ring (bicyclic) bond motifs is 4. The summed E-state index contributed by atoms with van der Waals surface area (Å²) in [6.45, 7) is 10.7. The van der Waals surface area contributed by atoms with Crippen molar-refractivity contribution in [1.82, 2.24) is 15.0 Å². The standard InChI is InChI=1S/C40H43Br2N3O7Si/c1-39(2,3)53(6,7)52-40-26(30(45(4)5)32-29(35(40)48)38(44-51-32)50-21-23-16-12-9-13-17-23)19-24-18-25-28(31(46)27(24)34(40)47)33(37(42)43-36(25)41)49-20-22-14-10-8-11-15-22/h8-17,24,26,30,47H,18-21H2,1-7H3/t24-,26-,30-,40-/m0/s1. The Hall–Kier alpha value is -3.62. The number of aromatic nitrogens is 2. The van der Waals surface area contributed by atoms with Gasteiger partial charge in [-0.25, -0.2) is 4.98 Å². The van der Waals surface area contributed by atoms with E-state index >= 15 is 9.59 Å². The number of aliphatic hydroxyl groups excluding tert-OH is 1. The summed E-state index contributed by atoms with van der Waals surface area (Å²) >= 11 is 7.15. The molecule has 53 heavy (non-hydrogen) atoms. The quantitative estimate of drug-likeness (QED) is 0.129. The van der Waals surface area contributed by atoms with Crippen LogP contribution in [0.15, 0.2) is 85.7 Å². The molecular formula is C40H43Br2N3O7Si. The Kier molecular flexibility index (Phi) is 9.88. The van der Waals surface area contributed by atoms with E-state index in [4.69, 9.17) is 18.4 Å². The molecule has 10 nitrogen and oxygen atoms in total. The Balaban J connectivity index is 1.41. The number of pyridine rings is 1. The van der Waals surface area contributed by atoms with Gasteiger partial charge in [0, 0.05) is 17.1 Å². The fourth-order valence-corrected chi connectivity index (χ4v) is 10.4. The monoisotopic (exact) mass is 863 g/mol. The lowest BCUT2D eigenvalue weighted by Gasteiger charge is -2.55. The molecule has 1 N–H and O–H groups in total. The number of nitrogens with zero attached hydrogens (tertiary/aromatic N) is 3. The Morgan fingerprint density at radius 3 is 2.13 bits per heavy atom. The number of ether oxygens (including phenoxy) is 2. The molecule has 3 aliphatic carbocycles. The van der Waals surface area contributed by atoms with Gasteiger partial charge in [-0.15, -0.1) is 0 Å². The summed E-state index contributed by atoms with van der Waals surface area (Å²) in [4.78, 5) is 37.1. The van der Waals surface area contributed by atoms with E-state index in [0.29, 0.717) is 38.9 Å². The number of rotatable bonds is 9. The largest absolute Gasteiger partial charge is 0.508 e. The van der Waals surface area contributed by atoms with E-state index in [-0.39, 0.29) is 46.8 Å². The lowest BCUT2D eigenvalue weighted by molar-refractivity contribution is -0.0480. The Labute approximate surface area is 327 Å². The molecule has 278 valence electrons. The molecule has 0 radical (unpaired) electrons. The average molecular weight is 866 g/mol. The lowest BCUT2D eigenvalue weighted by Crippen LogP contribution is -2.65. The van der Waals surface area contributed by atoms with Gasteiger partial charge in [0.25, 0.3) is 5.88 Å².